The quantitative estimate of drug-likeness (QED) is 0.0345. The standard InChI is InChI=1S/C61H112O5/c1-4-7-10-13-16-19-22-25-28-30-31-32-34-36-39-42-45-48-51-54-60(62)65-58-59(57-64-56-53-50-47-44-41-38-35-29-26-23-20-17-14-11-8-5-2)66-61(63)55-52-49-46-43-40-37-33-27-24-21-18-15-12-9-6-3/h9,12,18,21,25,27-28,33,59H,4-8,10-11,13-17,19-20,22-24,26,29-32,34-58H2,1-3H3/b12-9-,21-18-,28-25-,33-27-. The number of hydrogen-bond donors (Lipinski definition) is 0. The van der Waals surface area contributed by atoms with Gasteiger partial charge in [0.15, 0.2) is 6.10 Å². The molecule has 0 bridgehead atoms. The lowest BCUT2D eigenvalue weighted by Crippen LogP contribution is -2.30. The van der Waals surface area contributed by atoms with Gasteiger partial charge in [0.05, 0.1) is 6.61 Å². The van der Waals surface area contributed by atoms with Gasteiger partial charge in [-0.05, 0) is 77.0 Å². The summed E-state index contributed by atoms with van der Waals surface area (Å²) in [5.41, 5.74) is 0. The number of ether oxygens (including phenoxy) is 3. The first-order valence-electron chi connectivity index (χ1n) is 29.2. The summed E-state index contributed by atoms with van der Waals surface area (Å²) in [5, 5.41) is 0. The molecular formula is C61H112O5. The van der Waals surface area contributed by atoms with E-state index >= 15 is 0 Å². The minimum absolute atomic E-state index is 0.0810. The summed E-state index contributed by atoms with van der Waals surface area (Å²) < 4.78 is 17.5. The average Bonchev–Trinajstić information content (AvgIpc) is 3.32. The van der Waals surface area contributed by atoms with Crippen molar-refractivity contribution in [1.29, 1.82) is 0 Å². The molecule has 0 radical (unpaired) electrons. The van der Waals surface area contributed by atoms with Gasteiger partial charge in [-0.1, -0.05) is 262 Å². The molecule has 0 aliphatic rings. The summed E-state index contributed by atoms with van der Waals surface area (Å²) in [7, 11) is 0. The Bertz CT molecular complexity index is 1090. The maximum Gasteiger partial charge on any atom is 0.306 e. The maximum atomic E-state index is 12.8. The number of carbonyl (C=O) groups excluding carboxylic acids is 2. The van der Waals surface area contributed by atoms with E-state index in [0.29, 0.717) is 19.4 Å². The SMILES string of the molecule is CC/C=C\C/C=C\C/C=C\CCCCCCCC(=O)OC(COCCCCCCCCCCCCCCCCCC)COC(=O)CCCCCCCCCCC/C=C\CCCCCCCC. The van der Waals surface area contributed by atoms with Crippen molar-refractivity contribution in [2.45, 2.75) is 309 Å². The van der Waals surface area contributed by atoms with Crippen LogP contribution in [-0.2, 0) is 23.8 Å². The molecule has 0 aromatic carbocycles. The zero-order valence-corrected chi connectivity index (χ0v) is 44.5. The summed E-state index contributed by atoms with van der Waals surface area (Å²) in [5.74, 6) is -0.403. The largest absolute Gasteiger partial charge is 0.462 e. The van der Waals surface area contributed by atoms with E-state index in [-0.39, 0.29) is 25.2 Å². The van der Waals surface area contributed by atoms with Crippen molar-refractivity contribution in [2.75, 3.05) is 19.8 Å². The summed E-state index contributed by atoms with van der Waals surface area (Å²) in [6, 6.07) is 0. The van der Waals surface area contributed by atoms with Gasteiger partial charge in [0.1, 0.15) is 6.61 Å². The Labute approximate surface area is 412 Å². The van der Waals surface area contributed by atoms with E-state index in [1.54, 1.807) is 0 Å². The fourth-order valence-corrected chi connectivity index (χ4v) is 8.52. The van der Waals surface area contributed by atoms with Crippen LogP contribution in [0.3, 0.4) is 0 Å². The zero-order valence-electron chi connectivity index (χ0n) is 44.5. The smallest absolute Gasteiger partial charge is 0.306 e. The molecule has 0 aliphatic carbocycles. The molecule has 5 heteroatoms. The number of carbonyl (C=O) groups is 2. The van der Waals surface area contributed by atoms with Gasteiger partial charge in [-0.3, -0.25) is 9.59 Å². The van der Waals surface area contributed by atoms with Crippen molar-refractivity contribution >= 4 is 11.9 Å². The van der Waals surface area contributed by atoms with Gasteiger partial charge in [0, 0.05) is 19.4 Å². The third-order valence-electron chi connectivity index (χ3n) is 12.8. The number of hydrogen-bond acceptors (Lipinski definition) is 5. The van der Waals surface area contributed by atoms with Crippen molar-refractivity contribution in [3.05, 3.63) is 48.6 Å². The van der Waals surface area contributed by atoms with Gasteiger partial charge in [-0.15, -0.1) is 0 Å². The number of rotatable bonds is 54. The molecule has 0 amide bonds. The Hall–Kier alpha value is -2.14. The predicted octanol–water partition coefficient (Wildman–Crippen LogP) is 19.9. The van der Waals surface area contributed by atoms with Crippen LogP contribution < -0.4 is 0 Å². The van der Waals surface area contributed by atoms with Crippen LogP contribution in [0.2, 0.25) is 0 Å². The highest BCUT2D eigenvalue weighted by Crippen LogP contribution is 2.16. The monoisotopic (exact) mass is 925 g/mol. The van der Waals surface area contributed by atoms with E-state index in [4.69, 9.17) is 14.2 Å². The van der Waals surface area contributed by atoms with Crippen LogP contribution in [0, 0.1) is 0 Å². The molecule has 0 saturated heterocycles. The molecule has 0 saturated carbocycles. The molecule has 1 unspecified atom stereocenters. The molecule has 0 N–H and O–H groups in total. The molecule has 0 spiro atoms. The molecule has 0 aromatic rings. The van der Waals surface area contributed by atoms with Gasteiger partial charge in [0.2, 0.25) is 0 Å². The molecule has 0 fully saturated rings. The Morgan fingerprint density at radius 1 is 0.348 bits per heavy atom. The van der Waals surface area contributed by atoms with E-state index in [9.17, 15) is 9.59 Å². The normalized spacial score (nSPS) is 12.5. The first-order chi connectivity index (χ1) is 32.6. The predicted molar refractivity (Wildman–Crippen MR) is 288 cm³/mol. The van der Waals surface area contributed by atoms with Crippen LogP contribution in [-0.4, -0.2) is 37.9 Å². The summed E-state index contributed by atoms with van der Waals surface area (Å²) in [6.07, 6.45) is 71.3. The topological polar surface area (TPSA) is 61.8 Å². The first-order valence-corrected chi connectivity index (χ1v) is 29.2. The lowest BCUT2D eigenvalue weighted by Gasteiger charge is -2.18. The third-order valence-corrected chi connectivity index (χ3v) is 12.8. The van der Waals surface area contributed by atoms with E-state index in [1.165, 1.54) is 205 Å². The number of esters is 2. The van der Waals surface area contributed by atoms with Gasteiger partial charge in [-0.25, -0.2) is 0 Å². The lowest BCUT2D eigenvalue weighted by molar-refractivity contribution is -0.163. The van der Waals surface area contributed by atoms with Gasteiger partial charge in [-0.2, -0.15) is 0 Å². The van der Waals surface area contributed by atoms with Gasteiger partial charge in [0.25, 0.3) is 0 Å². The molecular weight excluding hydrogens is 813 g/mol. The second-order valence-corrected chi connectivity index (χ2v) is 19.5. The minimum atomic E-state index is -0.543. The third kappa shape index (κ3) is 54.5. The van der Waals surface area contributed by atoms with Crippen LogP contribution in [0.4, 0.5) is 0 Å². The summed E-state index contributed by atoms with van der Waals surface area (Å²) in [4.78, 5) is 25.5. The van der Waals surface area contributed by atoms with E-state index in [1.807, 2.05) is 0 Å². The van der Waals surface area contributed by atoms with E-state index < -0.39 is 6.10 Å². The maximum absolute atomic E-state index is 12.8. The van der Waals surface area contributed by atoms with Crippen LogP contribution in [0.25, 0.3) is 0 Å². The fourth-order valence-electron chi connectivity index (χ4n) is 8.52. The lowest BCUT2D eigenvalue weighted by atomic mass is 10.0. The second-order valence-electron chi connectivity index (χ2n) is 19.5. The molecule has 0 heterocycles. The second kappa shape index (κ2) is 57.2. The Morgan fingerprint density at radius 3 is 1.11 bits per heavy atom. The molecule has 0 rings (SSSR count). The molecule has 1 atom stereocenters. The first kappa shape index (κ1) is 63.9. The Morgan fingerprint density at radius 2 is 0.682 bits per heavy atom. The molecule has 0 aromatic heterocycles. The van der Waals surface area contributed by atoms with Gasteiger partial charge >= 0.3 is 11.9 Å². The van der Waals surface area contributed by atoms with Crippen molar-refractivity contribution in [2.24, 2.45) is 0 Å². The van der Waals surface area contributed by atoms with Crippen molar-refractivity contribution in [3.63, 3.8) is 0 Å². The van der Waals surface area contributed by atoms with E-state index in [2.05, 4.69) is 69.4 Å². The van der Waals surface area contributed by atoms with Crippen LogP contribution >= 0.6 is 0 Å². The van der Waals surface area contributed by atoms with Crippen LogP contribution in [0.5, 0.6) is 0 Å². The molecule has 0 aliphatic heterocycles. The average molecular weight is 926 g/mol. The number of unbranched alkanes of at least 4 members (excludes halogenated alkanes) is 35. The summed E-state index contributed by atoms with van der Waals surface area (Å²) in [6.45, 7) is 7.75. The number of allylic oxidation sites excluding steroid dienone is 8. The fraction of sp³-hybridized carbons (Fsp3) is 0.836. The van der Waals surface area contributed by atoms with Crippen molar-refractivity contribution in [3.8, 4) is 0 Å². The zero-order chi connectivity index (χ0) is 47.7. The Kier molecular flexibility index (Phi) is 55.3. The van der Waals surface area contributed by atoms with Crippen molar-refractivity contribution < 1.29 is 23.8 Å². The van der Waals surface area contributed by atoms with Crippen LogP contribution in [0.15, 0.2) is 48.6 Å². The van der Waals surface area contributed by atoms with Crippen LogP contribution in [0.1, 0.15) is 303 Å². The molecule has 386 valence electrons. The van der Waals surface area contributed by atoms with Crippen molar-refractivity contribution in [1.82, 2.24) is 0 Å². The molecule has 66 heavy (non-hydrogen) atoms. The minimum Gasteiger partial charge on any atom is -0.462 e. The summed E-state index contributed by atoms with van der Waals surface area (Å²) >= 11 is 0. The highest BCUT2D eigenvalue weighted by Gasteiger charge is 2.17. The molecule has 5 nitrogen and oxygen atoms in total. The highest BCUT2D eigenvalue weighted by molar-refractivity contribution is 5.70. The van der Waals surface area contributed by atoms with E-state index in [0.717, 1.165) is 64.2 Å². The highest BCUT2D eigenvalue weighted by atomic mass is 16.6. The Balaban J connectivity index is 4.24. The van der Waals surface area contributed by atoms with Gasteiger partial charge < -0.3 is 14.2 Å².